The summed E-state index contributed by atoms with van der Waals surface area (Å²) in [6.07, 6.45) is -0.107. The van der Waals surface area contributed by atoms with Crippen molar-refractivity contribution in [3.63, 3.8) is 0 Å². The van der Waals surface area contributed by atoms with Gasteiger partial charge >= 0.3 is 0 Å². The Labute approximate surface area is 260 Å². The smallest absolute Gasteiger partial charge is 0.227 e. The number of likely N-dealkylation sites (N-methyl/N-ethyl adjacent to an activating group) is 1. The fourth-order valence-corrected chi connectivity index (χ4v) is 6.41. The number of nitriles is 2. The Morgan fingerprint density at radius 2 is 1.93 bits per heavy atom. The lowest BCUT2D eigenvalue weighted by Gasteiger charge is -2.39. The van der Waals surface area contributed by atoms with Crippen molar-refractivity contribution in [2.45, 2.75) is 63.5 Å². The molecule has 3 heterocycles. The van der Waals surface area contributed by atoms with Crippen LogP contribution in [0.5, 0.6) is 5.75 Å². The van der Waals surface area contributed by atoms with Crippen molar-refractivity contribution in [2.75, 3.05) is 43.9 Å². The Bertz CT molecular complexity index is 1640. The highest BCUT2D eigenvalue weighted by atomic mass is 28.4. The molecule has 230 valence electrons. The summed E-state index contributed by atoms with van der Waals surface area (Å²) in [4.78, 5) is 11.0. The number of halogens is 1. The standard InChI is InChI=1S/C33H40FN7O2Si/c1-32(2,3)44(6,7)42-20-33(4)19-38-30-23(16-36)13-22(14-24(30)33)26-10-11-37-31(39-26)40-27-12-21(15-35)8-9-28(27)43-29-18-41(5)17-25(29)34/h8-14,25,29,38H,17-20H2,1-7H3,(H,37,39,40). The van der Waals surface area contributed by atoms with Crippen molar-refractivity contribution in [1.82, 2.24) is 14.9 Å². The molecule has 2 aromatic carbocycles. The lowest BCUT2D eigenvalue weighted by molar-refractivity contribution is 0.140. The van der Waals surface area contributed by atoms with Crippen LogP contribution in [0.1, 0.15) is 44.4 Å². The van der Waals surface area contributed by atoms with Gasteiger partial charge in [0.2, 0.25) is 5.95 Å². The Balaban J connectivity index is 1.45. The average molecular weight is 614 g/mol. The first-order valence-corrected chi connectivity index (χ1v) is 17.7. The molecule has 5 rings (SSSR count). The summed E-state index contributed by atoms with van der Waals surface area (Å²) in [6.45, 7) is 15.3. The molecule has 3 aromatic rings. The fraction of sp³-hybridized carbons (Fsp3) is 0.455. The second-order valence-electron chi connectivity index (χ2n) is 13.6. The Kier molecular flexibility index (Phi) is 8.43. The lowest BCUT2D eigenvalue weighted by Crippen LogP contribution is -2.45. The number of nitrogens with zero attached hydrogens (tertiary/aromatic N) is 5. The van der Waals surface area contributed by atoms with Crippen molar-refractivity contribution in [3.05, 3.63) is 59.3 Å². The van der Waals surface area contributed by atoms with Crippen molar-refractivity contribution < 1.29 is 13.6 Å². The van der Waals surface area contributed by atoms with Crippen molar-refractivity contribution in [3.8, 4) is 29.1 Å². The number of benzene rings is 2. The maximum atomic E-state index is 14.5. The molecule has 0 spiro atoms. The van der Waals surface area contributed by atoms with Crippen LogP contribution in [0.4, 0.5) is 21.7 Å². The molecule has 2 aliphatic heterocycles. The first-order valence-electron chi connectivity index (χ1n) is 14.8. The number of likely N-dealkylation sites (tertiary alicyclic amines) is 1. The minimum Gasteiger partial charge on any atom is -0.484 e. The molecule has 0 radical (unpaired) electrons. The topological polar surface area (TPSA) is 119 Å². The maximum absolute atomic E-state index is 14.5. The predicted molar refractivity (Wildman–Crippen MR) is 172 cm³/mol. The normalized spacial score (nSPS) is 21.7. The van der Waals surface area contributed by atoms with Gasteiger partial charge in [-0.05, 0) is 67.1 Å². The number of aromatic nitrogens is 2. The first kappa shape index (κ1) is 31.4. The highest BCUT2D eigenvalue weighted by Crippen LogP contribution is 2.44. The van der Waals surface area contributed by atoms with E-state index in [9.17, 15) is 14.9 Å². The molecule has 1 fully saturated rings. The third-order valence-corrected chi connectivity index (χ3v) is 13.6. The second-order valence-corrected chi connectivity index (χ2v) is 18.4. The van der Waals surface area contributed by atoms with Gasteiger partial charge in [-0.1, -0.05) is 27.7 Å². The van der Waals surface area contributed by atoms with E-state index in [1.165, 1.54) is 0 Å². The molecule has 3 atom stereocenters. The van der Waals surface area contributed by atoms with E-state index in [4.69, 9.17) is 14.1 Å². The van der Waals surface area contributed by atoms with Crippen molar-refractivity contribution >= 4 is 25.6 Å². The summed E-state index contributed by atoms with van der Waals surface area (Å²) in [5, 5.41) is 26.3. The van der Waals surface area contributed by atoms with Crippen LogP contribution in [0.25, 0.3) is 11.3 Å². The zero-order chi connectivity index (χ0) is 31.9. The largest absolute Gasteiger partial charge is 0.484 e. The molecule has 2 N–H and O–H groups in total. The molecule has 11 heteroatoms. The highest BCUT2D eigenvalue weighted by molar-refractivity contribution is 6.74. The predicted octanol–water partition coefficient (Wildman–Crippen LogP) is 6.37. The average Bonchev–Trinajstić information content (AvgIpc) is 3.49. The van der Waals surface area contributed by atoms with Gasteiger partial charge in [0.15, 0.2) is 14.5 Å². The van der Waals surface area contributed by atoms with E-state index in [1.54, 1.807) is 30.5 Å². The minimum absolute atomic E-state index is 0.0843. The Morgan fingerprint density at radius 3 is 2.59 bits per heavy atom. The van der Waals surface area contributed by atoms with Gasteiger partial charge in [-0.25, -0.2) is 14.4 Å². The molecule has 1 aromatic heterocycles. The van der Waals surface area contributed by atoms with Crippen LogP contribution in [0.15, 0.2) is 42.6 Å². The number of hydrogen-bond acceptors (Lipinski definition) is 9. The number of ether oxygens (including phenoxy) is 1. The quantitative estimate of drug-likeness (QED) is 0.280. The Morgan fingerprint density at radius 1 is 1.16 bits per heavy atom. The van der Waals surface area contributed by atoms with Crippen LogP contribution in [0.2, 0.25) is 18.1 Å². The van der Waals surface area contributed by atoms with E-state index in [0.29, 0.717) is 54.5 Å². The zero-order valence-electron chi connectivity index (χ0n) is 26.5. The second kappa shape index (κ2) is 11.8. The summed E-state index contributed by atoms with van der Waals surface area (Å²) in [6, 6.07) is 15.1. The van der Waals surface area contributed by atoms with Crippen molar-refractivity contribution in [2.24, 2.45) is 0 Å². The van der Waals surface area contributed by atoms with E-state index >= 15 is 0 Å². The van der Waals surface area contributed by atoms with Crippen LogP contribution in [-0.2, 0) is 9.84 Å². The number of rotatable bonds is 8. The third-order valence-electron chi connectivity index (χ3n) is 9.09. The maximum Gasteiger partial charge on any atom is 0.227 e. The molecule has 0 saturated carbocycles. The van der Waals surface area contributed by atoms with Crippen LogP contribution in [0, 0.1) is 22.7 Å². The van der Waals surface area contributed by atoms with Crippen LogP contribution in [-0.4, -0.2) is 68.7 Å². The number of fused-ring (bicyclic) bond motifs is 1. The molecule has 2 aliphatic rings. The summed E-state index contributed by atoms with van der Waals surface area (Å²) >= 11 is 0. The lowest BCUT2D eigenvalue weighted by atomic mass is 9.83. The molecule has 1 saturated heterocycles. The van der Waals surface area contributed by atoms with Gasteiger partial charge in [0.05, 0.1) is 34.3 Å². The molecule has 0 bridgehead atoms. The highest BCUT2D eigenvalue weighted by Gasteiger charge is 2.42. The number of alkyl halides is 1. The van der Waals surface area contributed by atoms with Gasteiger partial charge in [-0.3, -0.25) is 4.90 Å². The zero-order valence-corrected chi connectivity index (χ0v) is 27.5. The monoisotopic (exact) mass is 613 g/mol. The molecule has 44 heavy (non-hydrogen) atoms. The first-order chi connectivity index (χ1) is 20.7. The number of nitrogens with one attached hydrogen (secondary N) is 2. The summed E-state index contributed by atoms with van der Waals surface area (Å²) in [5.74, 6) is 0.692. The van der Waals surface area contributed by atoms with Crippen LogP contribution < -0.4 is 15.4 Å². The number of anilines is 3. The Hall–Kier alpha value is -4.03. The van der Waals surface area contributed by atoms with Crippen molar-refractivity contribution in [1.29, 1.82) is 10.5 Å². The van der Waals surface area contributed by atoms with Gasteiger partial charge in [0.25, 0.3) is 0 Å². The van der Waals surface area contributed by atoms with Gasteiger partial charge in [-0.2, -0.15) is 10.5 Å². The third kappa shape index (κ3) is 6.27. The van der Waals surface area contributed by atoms with Gasteiger partial charge in [-0.15, -0.1) is 0 Å². The van der Waals surface area contributed by atoms with E-state index in [1.807, 2.05) is 18.0 Å². The van der Waals surface area contributed by atoms with E-state index < -0.39 is 20.6 Å². The molecular weight excluding hydrogens is 573 g/mol. The van der Waals surface area contributed by atoms with Crippen LogP contribution in [0.3, 0.4) is 0 Å². The van der Waals surface area contributed by atoms with E-state index in [0.717, 1.165) is 16.8 Å². The number of hydrogen-bond donors (Lipinski definition) is 2. The van der Waals surface area contributed by atoms with Gasteiger partial charge < -0.3 is 19.8 Å². The molecule has 0 amide bonds. The van der Waals surface area contributed by atoms with E-state index in [-0.39, 0.29) is 16.4 Å². The molecule has 9 nitrogen and oxygen atoms in total. The SMILES string of the molecule is CN1CC(F)C(Oc2ccc(C#N)cc2Nc2nccc(-c3cc(C#N)c4c(c3)C(C)(CO[Si](C)(C)C(C)(C)C)CN4)n2)C1. The van der Waals surface area contributed by atoms with Crippen LogP contribution >= 0.6 is 0 Å². The van der Waals surface area contributed by atoms with Gasteiger partial charge in [0, 0.05) is 43.4 Å². The summed E-state index contributed by atoms with van der Waals surface area (Å²) in [7, 11) is -0.140. The van der Waals surface area contributed by atoms with Gasteiger partial charge in [0.1, 0.15) is 17.9 Å². The molecule has 3 unspecified atom stereocenters. The summed E-state index contributed by atoms with van der Waals surface area (Å²) in [5.41, 5.74) is 4.37. The molecule has 0 aliphatic carbocycles. The summed E-state index contributed by atoms with van der Waals surface area (Å²) < 4.78 is 27.2. The minimum atomic E-state index is -1.99. The van der Waals surface area contributed by atoms with E-state index in [2.05, 4.69) is 74.6 Å². The molecular formula is C33H40FN7O2Si. The fourth-order valence-electron chi connectivity index (χ4n) is 5.29.